The predicted molar refractivity (Wildman–Crippen MR) is 41.6 cm³/mol. The van der Waals surface area contributed by atoms with Crippen molar-refractivity contribution in [1.29, 1.82) is 0 Å². The normalized spacial score (nSPS) is 12.5. The van der Waals surface area contributed by atoms with Crippen LogP contribution in [0.3, 0.4) is 0 Å². The van der Waals surface area contributed by atoms with E-state index >= 15 is 0 Å². The summed E-state index contributed by atoms with van der Waals surface area (Å²) in [4.78, 5) is 3.89. The molecule has 0 aromatic carbocycles. The minimum atomic E-state index is -0.402. The molecule has 0 aromatic rings. The maximum absolute atomic E-state index is 5.54. The quantitative estimate of drug-likeness (QED) is 0.0984. The lowest BCUT2D eigenvalue weighted by molar-refractivity contribution is -1.02. The van der Waals surface area contributed by atoms with Crippen LogP contribution in [0.2, 0.25) is 0 Å². The van der Waals surface area contributed by atoms with Gasteiger partial charge in [-0.1, -0.05) is 10.4 Å². The van der Waals surface area contributed by atoms with Crippen LogP contribution in [0.15, 0.2) is 0 Å². The Balaban J connectivity index is 3.47. The molecule has 0 unspecified atom stereocenters. The summed E-state index contributed by atoms with van der Waals surface area (Å²) in [7, 11) is 0. The summed E-state index contributed by atoms with van der Waals surface area (Å²) in [6.07, 6.45) is 0. The molecule has 0 atom stereocenters. The van der Waals surface area contributed by atoms with Gasteiger partial charge in [0.05, 0.1) is 0 Å². The third-order valence-corrected chi connectivity index (χ3v) is 1.27. The fraction of sp³-hybridized carbons (Fsp3) is 1.00. The molecule has 0 aliphatic heterocycles. The number of nitrogens with zero attached hydrogens (tertiary/aromatic N) is 1. The highest BCUT2D eigenvalue weighted by molar-refractivity contribution is 4.29. The van der Waals surface area contributed by atoms with Gasteiger partial charge >= 0.3 is 0 Å². The molecule has 0 rings (SSSR count). The number of hydrogen-bond donors (Lipinski definition) is 7. The molecule has 0 saturated heterocycles. The van der Waals surface area contributed by atoms with Crippen LogP contribution in [-0.4, -0.2) is 10.9 Å². The average molecular weight is 181 g/mol. The summed E-state index contributed by atoms with van der Waals surface area (Å²) in [5.41, 5.74) is 8.92. The molecule has 74 valence electrons. The van der Waals surface area contributed by atoms with Crippen molar-refractivity contribution < 1.29 is 9.75 Å². The smallest absolute Gasteiger partial charge is 0.140 e. The fourth-order valence-corrected chi connectivity index (χ4v) is 0.304. The third kappa shape index (κ3) is 4.50. The van der Waals surface area contributed by atoms with Crippen LogP contribution < -0.4 is 39.8 Å². The summed E-state index contributed by atoms with van der Waals surface area (Å²) < 4.78 is 0. The molecule has 0 aromatic heterocycles. The van der Waals surface area contributed by atoms with Crippen molar-refractivity contribution in [3.05, 3.63) is 0 Å². The average Bonchev–Trinajstić information content (AvgIpc) is 1.98. The first kappa shape index (κ1) is 11.6. The third-order valence-electron chi connectivity index (χ3n) is 1.27. The highest BCUT2D eigenvalue weighted by Crippen LogP contribution is 1.89. The van der Waals surface area contributed by atoms with Gasteiger partial charge in [-0.15, -0.1) is 22.8 Å². The van der Waals surface area contributed by atoms with Crippen molar-refractivity contribution in [3.63, 3.8) is 0 Å². The van der Waals surface area contributed by atoms with Crippen LogP contribution in [0.1, 0.15) is 13.8 Å². The van der Waals surface area contributed by atoms with Crippen LogP contribution in [-0.2, 0) is 4.94 Å². The summed E-state index contributed by atoms with van der Waals surface area (Å²) >= 11 is 0. The monoisotopic (exact) mass is 181 g/mol. The van der Waals surface area contributed by atoms with Crippen molar-refractivity contribution in [2.24, 2.45) is 17.5 Å². The Bertz CT molecular complexity index is 115. The molecule has 9 nitrogen and oxygen atoms in total. The Kier molecular flexibility index (Phi) is 5.16. The largest absolute Gasteiger partial charge is 0.246 e. The van der Waals surface area contributed by atoms with Crippen molar-refractivity contribution >= 4 is 0 Å². The number of nitrogens with two attached hydrogens (primary N) is 3. The maximum atomic E-state index is 5.54. The van der Waals surface area contributed by atoms with Gasteiger partial charge in [-0.25, -0.2) is 5.84 Å². The Morgan fingerprint density at radius 1 is 1.33 bits per heavy atom. The Morgan fingerprint density at radius 2 is 1.92 bits per heavy atom. The lowest BCUT2D eigenvalue weighted by atomic mass is 10.4. The summed E-state index contributed by atoms with van der Waals surface area (Å²) in [5, 5.41) is 0. The summed E-state index contributed by atoms with van der Waals surface area (Å²) in [6, 6.07) is -0.00913. The van der Waals surface area contributed by atoms with Crippen molar-refractivity contribution in [2.75, 3.05) is 0 Å². The Hall–Kier alpha value is -0.360. The molecule has 9 heteroatoms. The van der Waals surface area contributed by atoms with Gasteiger partial charge in [-0.2, -0.15) is 4.94 Å². The van der Waals surface area contributed by atoms with E-state index in [1.165, 1.54) is 0 Å². The van der Waals surface area contributed by atoms with Crippen molar-refractivity contribution in [1.82, 2.24) is 22.2 Å². The predicted octanol–water partition coefficient (Wildman–Crippen LogP) is -3.22. The molecular formula is C3H17N8O+. The molecule has 0 amide bonds. The lowest BCUT2D eigenvalue weighted by Gasteiger charge is -2.29. The van der Waals surface area contributed by atoms with Crippen LogP contribution >= 0.6 is 0 Å². The van der Waals surface area contributed by atoms with E-state index in [-0.39, 0.29) is 6.04 Å². The lowest BCUT2D eigenvalue weighted by Crippen LogP contribution is -2.76. The molecule has 0 radical (unpaired) electrons. The summed E-state index contributed by atoms with van der Waals surface area (Å²) in [6.45, 7) is 3.69. The van der Waals surface area contributed by atoms with E-state index in [4.69, 9.17) is 17.5 Å². The second kappa shape index (κ2) is 5.31. The molecule has 12 heavy (non-hydrogen) atoms. The van der Waals surface area contributed by atoms with E-state index in [2.05, 4.69) is 21.6 Å². The number of rotatable bonds is 6. The minimum absolute atomic E-state index is 0.00913. The zero-order chi connectivity index (χ0) is 9.61. The van der Waals surface area contributed by atoms with Gasteiger partial charge in [0.2, 0.25) is 0 Å². The zero-order valence-corrected chi connectivity index (χ0v) is 7.16. The van der Waals surface area contributed by atoms with Gasteiger partial charge in [-0.05, 0) is 19.4 Å². The van der Waals surface area contributed by atoms with Crippen LogP contribution in [0.4, 0.5) is 0 Å². The van der Waals surface area contributed by atoms with E-state index in [1.807, 2.05) is 19.4 Å². The first-order chi connectivity index (χ1) is 5.50. The van der Waals surface area contributed by atoms with Gasteiger partial charge in [0.15, 0.2) is 0 Å². The second-order valence-electron chi connectivity index (χ2n) is 2.49. The Labute approximate surface area is 70.5 Å². The molecule has 0 fully saturated rings. The van der Waals surface area contributed by atoms with Gasteiger partial charge < -0.3 is 0 Å². The maximum Gasteiger partial charge on any atom is 0.140 e. The first-order valence-electron chi connectivity index (χ1n) is 3.35. The molecule has 0 bridgehead atoms. The number of nitrogens with one attached hydrogen (secondary N) is 4. The standard InChI is InChI=1S/C3H17N8O/c1-3(2)11(5,6)9-8-10-12-7-4/h3,7-10H,4-6H2,1-2H3/q+1. The van der Waals surface area contributed by atoms with E-state index in [0.717, 1.165) is 0 Å². The first-order valence-corrected chi connectivity index (χ1v) is 3.35. The number of hydrazine groups is 3. The molecule has 0 aliphatic rings. The SMILES string of the molecule is CC(C)[N+](N)(N)NNNONN. The fourth-order valence-electron chi connectivity index (χ4n) is 0.304. The molecule has 0 aliphatic carbocycles. The van der Waals surface area contributed by atoms with Crippen molar-refractivity contribution in [3.8, 4) is 0 Å². The highest BCUT2D eigenvalue weighted by Gasteiger charge is 2.22. The van der Waals surface area contributed by atoms with Crippen LogP contribution in [0.5, 0.6) is 0 Å². The van der Waals surface area contributed by atoms with Gasteiger partial charge in [0, 0.05) is 0 Å². The van der Waals surface area contributed by atoms with Gasteiger partial charge in [0.25, 0.3) is 0 Å². The topological polar surface area (TPSA) is 135 Å². The number of hydrogen-bond acceptors (Lipinski definition) is 8. The Morgan fingerprint density at radius 3 is 2.33 bits per heavy atom. The van der Waals surface area contributed by atoms with E-state index in [0.29, 0.717) is 0 Å². The molecule has 0 heterocycles. The van der Waals surface area contributed by atoms with Crippen molar-refractivity contribution in [2.45, 2.75) is 19.9 Å². The summed E-state index contributed by atoms with van der Waals surface area (Å²) in [5.74, 6) is 15.8. The molecule has 0 saturated carbocycles. The molecule has 0 spiro atoms. The zero-order valence-electron chi connectivity index (χ0n) is 7.16. The van der Waals surface area contributed by atoms with Gasteiger partial charge in [0.1, 0.15) is 6.04 Å². The van der Waals surface area contributed by atoms with Crippen LogP contribution in [0, 0.1) is 0 Å². The highest BCUT2D eigenvalue weighted by atomic mass is 16.8. The molecule has 10 N–H and O–H groups in total. The van der Waals surface area contributed by atoms with Crippen LogP contribution in [0.25, 0.3) is 0 Å². The van der Waals surface area contributed by atoms with E-state index in [1.54, 1.807) is 0 Å². The minimum Gasteiger partial charge on any atom is -0.246 e. The van der Waals surface area contributed by atoms with Gasteiger partial charge in [-0.3, -0.25) is 0 Å². The van der Waals surface area contributed by atoms with E-state index in [9.17, 15) is 0 Å². The molecular weight excluding hydrogens is 164 g/mol. The van der Waals surface area contributed by atoms with E-state index < -0.39 is 4.81 Å². The number of quaternary nitrogens is 1. The second-order valence-corrected chi connectivity index (χ2v) is 2.49.